The first-order valence-electron chi connectivity index (χ1n) is 9.64. The topological polar surface area (TPSA) is 84.0 Å². The molecule has 0 spiro atoms. The van der Waals surface area contributed by atoms with Gasteiger partial charge >= 0.3 is 5.97 Å². The SMILES string of the molecule is CN(C(=O)COC(=O)c1ccc2c(c1)C(=O)N(c1ccc(Cl)cc1)C2=O)c1ccccc1. The summed E-state index contributed by atoms with van der Waals surface area (Å²) in [5, 5.41) is 0.475. The van der Waals surface area contributed by atoms with Gasteiger partial charge in [0.1, 0.15) is 0 Å². The second-order valence-corrected chi connectivity index (χ2v) is 7.48. The molecule has 3 aromatic carbocycles. The van der Waals surface area contributed by atoms with Crippen molar-refractivity contribution in [1.29, 1.82) is 0 Å². The maximum Gasteiger partial charge on any atom is 0.338 e. The first-order valence-corrected chi connectivity index (χ1v) is 10.0. The number of carbonyl (C=O) groups excluding carboxylic acids is 4. The number of esters is 1. The van der Waals surface area contributed by atoms with Crippen molar-refractivity contribution >= 4 is 46.7 Å². The predicted octanol–water partition coefficient (Wildman–Crippen LogP) is 3.96. The van der Waals surface area contributed by atoms with Crippen LogP contribution in [0.15, 0.2) is 72.8 Å². The van der Waals surface area contributed by atoms with Gasteiger partial charge in [-0.1, -0.05) is 29.8 Å². The third-order valence-corrected chi connectivity index (χ3v) is 5.30. The molecule has 0 aromatic heterocycles. The Labute approximate surface area is 188 Å². The number of hydrogen-bond donors (Lipinski definition) is 0. The zero-order valence-corrected chi connectivity index (χ0v) is 17.7. The molecule has 8 heteroatoms. The lowest BCUT2D eigenvalue weighted by molar-refractivity contribution is -0.121. The van der Waals surface area contributed by atoms with Gasteiger partial charge in [-0.05, 0) is 54.6 Å². The van der Waals surface area contributed by atoms with Crippen LogP contribution in [0.1, 0.15) is 31.1 Å². The lowest BCUT2D eigenvalue weighted by Crippen LogP contribution is -2.31. The molecule has 0 radical (unpaired) electrons. The Hall–Kier alpha value is -3.97. The van der Waals surface area contributed by atoms with Gasteiger partial charge in [0.15, 0.2) is 6.61 Å². The van der Waals surface area contributed by atoms with E-state index in [2.05, 4.69) is 0 Å². The second kappa shape index (κ2) is 8.64. The van der Waals surface area contributed by atoms with Crippen molar-refractivity contribution in [1.82, 2.24) is 0 Å². The van der Waals surface area contributed by atoms with E-state index in [1.165, 1.54) is 23.1 Å². The van der Waals surface area contributed by atoms with Crippen LogP contribution in [0.5, 0.6) is 0 Å². The number of likely N-dealkylation sites (N-methyl/N-ethyl adjacent to an activating group) is 1. The van der Waals surface area contributed by atoms with Crippen LogP contribution in [-0.2, 0) is 9.53 Å². The van der Waals surface area contributed by atoms with E-state index >= 15 is 0 Å². The first-order chi connectivity index (χ1) is 15.4. The number of nitrogens with zero attached hydrogens (tertiary/aromatic N) is 2. The number of hydrogen-bond acceptors (Lipinski definition) is 5. The number of anilines is 2. The standard InChI is InChI=1S/C24H17ClN2O5/c1-26(17-5-3-2-4-6-17)21(28)14-32-24(31)15-7-12-19-20(13-15)23(30)27(22(19)29)18-10-8-16(25)9-11-18/h2-13H,14H2,1H3. The van der Waals surface area contributed by atoms with Crippen molar-refractivity contribution in [2.75, 3.05) is 23.5 Å². The summed E-state index contributed by atoms with van der Waals surface area (Å²) >= 11 is 5.88. The molecule has 3 aromatic rings. The molecule has 0 saturated heterocycles. The maximum atomic E-state index is 12.8. The lowest BCUT2D eigenvalue weighted by Gasteiger charge is -2.17. The lowest BCUT2D eigenvalue weighted by atomic mass is 10.1. The van der Waals surface area contributed by atoms with E-state index in [1.807, 2.05) is 6.07 Å². The molecular formula is C24H17ClN2O5. The van der Waals surface area contributed by atoms with Crippen molar-refractivity contribution in [3.8, 4) is 0 Å². The Morgan fingerprint density at radius 3 is 2.25 bits per heavy atom. The number of halogens is 1. The molecule has 0 saturated carbocycles. The van der Waals surface area contributed by atoms with E-state index in [4.69, 9.17) is 16.3 Å². The number of para-hydroxylation sites is 1. The quantitative estimate of drug-likeness (QED) is 0.435. The molecule has 0 unspecified atom stereocenters. The summed E-state index contributed by atoms with van der Waals surface area (Å²) in [6, 6.07) is 19.3. The fourth-order valence-corrected chi connectivity index (χ4v) is 3.42. The average Bonchev–Trinajstić information content (AvgIpc) is 3.07. The van der Waals surface area contributed by atoms with E-state index in [-0.39, 0.29) is 16.7 Å². The van der Waals surface area contributed by atoms with Gasteiger partial charge in [-0.3, -0.25) is 14.4 Å². The highest BCUT2D eigenvalue weighted by Crippen LogP contribution is 2.30. The van der Waals surface area contributed by atoms with Gasteiger partial charge < -0.3 is 9.64 Å². The van der Waals surface area contributed by atoms with E-state index in [0.717, 1.165) is 4.90 Å². The van der Waals surface area contributed by atoms with Crippen LogP contribution in [0.3, 0.4) is 0 Å². The van der Waals surface area contributed by atoms with Crippen LogP contribution in [0.2, 0.25) is 5.02 Å². The van der Waals surface area contributed by atoms with Gasteiger partial charge in [0.05, 0.1) is 22.4 Å². The van der Waals surface area contributed by atoms with E-state index in [1.54, 1.807) is 55.6 Å². The third-order valence-electron chi connectivity index (χ3n) is 5.05. The molecular weight excluding hydrogens is 432 g/mol. The van der Waals surface area contributed by atoms with Crippen LogP contribution < -0.4 is 9.80 Å². The number of fused-ring (bicyclic) bond motifs is 1. The number of amides is 3. The van der Waals surface area contributed by atoms with Crippen LogP contribution in [-0.4, -0.2) is 37.3 Å². The minimum absolute atomic E-state index is 0.0676. The highest BCUT2D eigenvalue weighted by atomic mass is 35.5. The molecule has 32 heavy (non-hydrogen) atoms. The largest absolute Gasteiger partial charge is 0.452 e. The third kappa shape index (κ3) is 3.98. The minimum Gasteiger partial charge on any atom is -0.452 e. The molecule has 4 rings (SSSR count). The molecule has 1 heterocycles. The summed E-state index contributed by atoms with van der Waals surface area (Å²) in [6.45, 7) is -0.467. The molecule has 1 aliphatic rings. The smallest absolute Gasteiger partial charge is 0.338 e. The van der Waals surface area contributed by atoms with Gasteiger partial charge in [-0.15, -0.1) is 0 Å². The predicted molar refractivity (Wildman–Crippen MR) is 119 cm³/mol. The summed E-state index contributed by atoms with van der Waals surface area (Å²) < 4.78 is 5.12. The zero-order chi connectivity index (χ0) is 22.8. The normalized spacial score (nSPS) is 12.5. The fraction of sp³-hybridized carbons (Fsp3) is 0.0833. The Bertz CT molecular complexity index is 1220. The van der Waals surface area contributed by atoms with Gasteiger partial charge in [0, 0.05) is 17.8 Å². The van der Waals surface area contributed by atoms with Crippen molar-refractivity contribution in [3.63, 3.8) is 0 Å². The van der Waals surface area contributed by atoms with Crippen LogP contribution >= 0.6 is 11.6 Å². The Balaban J connectivity index is 1.47. The van der Waals surface area contributed by atoms with E-state index in [0.29, 0.717) is 16.4 Å². The molecule has 1 aliphatic heterocycles. The van der Waals surface area contributed by atoms with Crippen molar-refractivity contribution in [2.24, 2.45) is 0 Å². The molecule has 3 amide bonds. The summed E-state index contributed by atoms with van der Waals surface area (Å²) in [4.78, 5) is 52.7. The summed E-state index contributed by atoms with van der Waals surface area (Å²) in [5.74, 6) is -2.23. The Morgan fingerprint density at radius 2 is 1.56 bits per heavy atom. The summed E-state index contributed by atoms with van der Waals surface area (Å²) in [5.41, 5.74) is 1.38. The highest BCUT2D eigenvalue weighted by Gasteiger charge is 2.37. The summed E-state index contributed by atoms with van der Waals surface area (Å²) in [6.07, 6.45) is 0. The van der Waals surface area contributed by atoms with Gasteiger partial charge in [0.2, 0.25) is 0 Å². The number of rotatable bonds is 5. The Morgan fingerprint density at radius 1 is 0.906 bits per heavy atom. The monoisotopic (exact) mass is 448 g/mol. The van der Waals surface area contributed by atoms with E-state index in [9.17, 15) is 19.2 Å². The van der Waals surface area contributed by atoms with Crippen LogP contribution in [0.25, 0.3) is 0 Å². The minimum atomic E-state index is -0.771. The average molecular weight is 449 g/mol. The molecule has 0 aliphatic carbocycles. The van der Waals surface area contributed by atoms with Gasteiger partial charge in [-0.25, -0.2) is 9.69 Å². The highest BCUT2D eigenvalue weighted by molar-refractivity contribution is 6.35. The number of imide groups is 1. The summed E-state index contributed by atoms with van der Waals surface area (Å²) in [7, 11) is 1.58. The molecule has 0 N–H and O–H groups in total. The number of carbonyl (C=O) groups is 4. The number of benzene rings is 3. The van der Waals surface area contributed by atoms with Crippen molar-refractivity contribution < 1.29 is 23.9 Å². The Kier molecular flexibility index (Phi) is 5.75. The fourth-order valence-electron chi connectivity index (χ4n) is 3.30. The number of ether oxygens (including phenoxy) is 1. The zero-order valence-electron chi connectivity index (χ0n) is 16.9. The molecule has 7 nitrogen and oxygen atoms in total. The van der Waals surface area contributed by atoms with Crippen molar-refractivity contribution in [3.05, 3.63) is 94.5 Å². The molecule has 0 bridgehead atoms. The van der Waals surface area contributed by atoms with Crippen molar-refractivity contribution in [2.45, 2.75) is 0 Å². The van der Waals surface area contributed by atoms with Crippen LogP contribution in [0, 0.1) is 0 Å². The second-order valence-electron chi connectivity index (χ2n) is 7.05. The van der Waals surface area contributed by atoms with Crippen LogP contribution in [0.4, 0.5) is 11.4 Å². The van der Waals surface area contributed by atoms with Gasteiger partial charge in [-0.2, -0.15) is 0 Å². The maximum absolute atomic E-state index is 12.8. The van der Waals surface area contributed by atoms with E-state index < -0.39 is 30.3 Å². The van der Waals surface area contributed by atoms with Gasteiger partial charge in [0.25, 0.3) is 17.7 Å². The first kappa shape index (κ1) is 21.3. The molecule has 160 valence electrons. The molecule has 0 atom stereocenters. The molecule has 0 fully saturated rings.